The summed E-state index contributed by atoms with van der Waals surface area (Å²) in [6.45, 7) is 4.68. The fraction of sp³-hybridized carbons (Fsp3) is 0.417. The van der Waals surface area contributed by atoms with E-state index in [0.717, 1.165) is 22.9 Å². The van der Waals surface area contributed by atoms with E-state index in [0.29, 0.717) is 23.2 Å². The van der Waals surface area contributed by atoms with Crippen LogP contribution < -0.4 is 0 Å². The number of benzene rings is 1. The number of nitrogens with zero attached hydrogens (tertiary/aromatic N) is 1. The molecule has 3 aliphatic rings. The number of halogens is 1. The lowest BCUT2D eigenvalue weighted by molar-refractivity contribution is -0.137. The van der Waals surface area contributed by atoms with Gasteiger partial charge < -0.3 is 14.1 Å². The highest BCUT2D eigenvalue weighted by Crippen LogP contribution is 2.49. The minimum atomic E-state index is -0.474. The molecule has 0 N–H and O–H groups in total. The number of Topliss-reactive ketones (excluding diaryl/α,β-unsaturated/α-hetero) is 1. The van der Waals surface area contributed by atoms with Gasteiger partial charge in [0, 0.05) is 4.47 Å². The van der Waals surface area contributed by atoms with Gasteiger partial charge in [-0.1, -0.05) is 41.9 Å². The van der Waals surface area contributed by atoms with Crippen LogP contribution in [0.15, 0.2) is 62.9 Å². The summed E-state index contributed by atoms with van der Waals surface area (Å²) in [4.78, 5) is 28.8. The van der Waals surface area contributed by atoms with Gasteiger partial charge in [0.15, 0.2) is 11.5 Å². The van der Waals surface area contributed by atoms with Crippen LogP contribution in [0.3, 0.4) is 0 Å². The van der Waals surface area contributed by atoms with Crippen LogP contribution >= 0.6 is 15.9 Å². The first-order chi connectivity index (χ1) is 14.4. The van der Waals surface area contributed by atoms with Gasteiger partial charge in [-0.2, -0.15) is 0 Å². The fourth-order valence-corrected chi connectivity index (χ4v) is 5.48. The monoisotopic (exact) mass is 469 g/mol. The third kappa shape index (κ3) is 3.13. The molecule has 1 aliphatic carbocycles. The first kappa shape index (κ1) is 19.6. The van der Waals surface area contributed by atoms with Crippen molar-refractivity contribution in [3.05, 3.63) is 69.8 Å². The highest BCUT2D eigenvalue weighted by atomic mass is 79.9. The van der Waals surface area contributed by atoms with E-state index < -0.39 is 6.04 Å². The summed E-state index contributed by atoms with van der Waals surface area (Å²) in [5.74, 6) is 1.50. The Morgan fingerprint density at radius 1 is 1.10 bits per heavy atom. The zero-order chi connectivity index (χ0) is 21.0. The van der Waals surface area contributed by atoms with E-state index >= 15 is 0 Å². The van der Waals surface area contributed by atoms with Crippen molar-refractivity contribution in [2.75, 3.05) is 0 Å². The number of furan rings is 1. The maximum Gasteiger partial charge on any atom is 0.290 e. The number of hydrogen-bond donors (Lipinski definition) is 0. The van der Waals surface area contributed by atoms with Crippen molar-refractivity contribution in [2.24, 2.45) is 17.8 Å². The van der Waals surface area contributed by atoms with Crippen LogP contribution in [0.25, 0.3) is 0 Å². The zero-order valence-corrected chi connectivity index (χ0v) is 18.6. The lowest BCUT2D eigenvalue weighted by Gasteiger charge is -2.40. The molecule has 5 rings (SSSR count). The van der Waals surface area contributed by atoms with Gasteiger partial charge in [-0.25, -0.2) is 0 Å². The van der Waals surface area contributed by atoms with E-state index in [1.54, 1.807) is 17.2 Å². The maximum atomic E-state index is 13.7. The normalized spacial score (nSPS) is 30.9. The third-order valence-corrected chi connectivity index (χ3v) is 7.37. The Bertz CT molecular complexity index is 1030. The smallest absolute Gasteiger partial charge is 0.290 e. The lowest BCUT2D eigenvalue weighted by Crippen LogP contribution is -2.43. The molecule has 0 bridgehead atoms. The van der Waals surface area contributed by atoms with Crippen LogP contribution in [-0.4, -0.2) is 22.7 Å². The van der Waals surface area contributed by atoms with Gasteiger partial charge in [-0.15, -0.1) is 0 Å². The molecule has 1 amide bonds. The molecule has 5 unspecified atom stereocenters. The molecule has 1 aromatic heterocycles. The topological polar surface area (TPSA) is 59.8 Å². The van der Waals surface area contributed by atoms with E-state index in [-0.39, 0.29) is 36.0 Å². The van der Waals surface area contributed by atoms with Crippen molar-refractivity contribution in [3.63, 3.8) is 0 Å². The quantitative estimate of drug-likeness (QED) is 0.632. The van der Waals surface area contributed by atoms with Gasteiger partial charge in [0.1, 0.15) is 11.9 Å². The molecule has 0 saturated heterocycles. The van der Waals surface area contributed by atoms with Crippen molar-refractivity contribution in [2.45, 2.75) is 45.4 Å². The van der Waals surface area contributed by atoms with Gasteiger partial charge in [0.25, 0.3) is 5.91 Å². The van der Waals surface area contributed by atoms with E-state index in [2.05, 4.69) is 29.8 Å². The second-order valence-corrected chi connectivity index (χ2v) is 9.68. The van der Waals surface area contributed by atoms with E-state index in [1.807, 2.05) is 30.3 Å². The average molecular weight is 470 g/mol. The number of ketones is 1. The Morgan fingerprint density at radius 3 is 2.63 bits per heavy atom. The molecule has 0 spiro atoms. The van der Waals surface area contributed by atoms with E-state index in [9.17, 15) is 9.59 Å². The number of fused-ring (bicyclic) bond motifs is 1. The number of ether oxygens (including phenoxy) is 1. The van der Waals surface area contributed by atoms with E-state index in [4.69, 9.17) is 9.15 Å². The SMILES string of the molecule is CC1CC2OC3=C(C(=O)C2CC1C)C(c1cccc(Br)c1)N(Cc1ccco1)C3=O. The summed E-state index contributed by atoms with van der Waals surface area (Å²) in [5.41, 5.74) is 1.40. The molecule has 30 heavy (non-hydrogen) atoms. The largest absolute Gasteiger partial charge is 0.483 e. The Morgan fingerprint density at radius 2 is 1.90 bits per heavy atom. The summed E-state index contributed by atoms with van der Waals surface area (Å²) in [5, 5.41) is 0. The molecule has 5 nitrogen and oxygen atoms in total. The van der Waals surface area contributed by atoms with Crippen molar-refractivity contribution in [3.8, 4) is 0 Å². The van der Waals surface area contributed by atoms with Crippen molar-refractivity contribution >= 4 is 27.6 Å². The molecule has 6 heteroatoms. The summed E-state index contributed by atoms with van der Waals surface area (Å²) >= 11 is 3.52. The van der Waals surface area contributed by atoms with Gasteiger partial charge in [-0.05, 0) is 54.5 Å². The standard InChI is InChI=1S/C24H24BrNO4/c1-13-9-18-19(10-14(13)2)30-23-20(22(18)27)21(15-5-3-6-16(25)11-15)26(24(23)28)12-17-7-4-8-29-17/h3-8,11,13-14,18-19,21H,9-10,12H2,1-2H3. The van der Waals surface area contributed by atoms with Crippen molar-refractivity contribution < 1.29 is 18.7 Å². The number of amides is 1. The van der Waals surface area contributed by atoms with E-state index in [1.165, 1.54) is 0 Å². The lowest BCUT2D eigenvalue weighted by atomic mass is 9.70. The highest BCUT2D eigenvalue weighted by Gasteiger charge is 2.53. The highest BCUT2D eigenvalue weighted by molar-refractivity contribution is 9.10. The van der Waals surface area contributed by atoms with Gasteiger partial charge >= 0.3 is 0 Å². The second-order valence-electron chi connectivity index (χ2n) is 8.77. The Hall–Kier alpha value is -2.34. The predicted octanol–water partition coefficient (Wildman–Crippen LogP) is 5.03. The summed E-state index contributed by atoms with van der Waals surface area (Å²) in [7, 11) is 0. The Labute approximate surface area is 184 Å². The van der Waals surface area contributed by atoms with Crippen LogP contribution in [0, 0.1) is 17.8 Å². The average Bonchev–Trinajstić information content (AvgIpc) is 3.32. The summed E-state index contributed by atoms with van der Waals surface area (Å²) in [6.07, 6.45) is 3.00. The molecule has 0 radical (unpaired) electrons. The second kappa shape index (κ2) is 7.41. The molecule has 5 atom stereocenters. The number of hydrogen-bond acceptors (Lipinski definition) is 4. The van der Waals surface area contributed by atoms with Gasteiger partial charge in [-0.3, -0.25) is 9.59 Å². The van der Waals surface area contributed by atoms with Gasteiger partial charge in [0.2, 0.25) is 0 Å². The first-order valence-corrected chi connectivity index (χ1v) is 11.3. The van der Waals surface area contributed by atoms with Crippen molar-refractivity contribution in [1.82, 2.24) is 4.90 Å². The number of rotatable bonds is 3. The van der Waals surface area contributed by atoms with Crippen LogP contribution in [0.4, 0.5) is 0 Å². The molecule has 1 fully saturated rings. The van der Waals surface area contributed by atoms with Gasteiger partial charge in [0.05, 0.1) is 30.3 Å². The molecule has 3 heterocycles. The summed E-state index contributed by atoms with van der Waals surface area (Å²) in [6, 6.07) is 11.0. The Kier molecular flexibility index (Phi) is 4.85. The first-order valence-electron chi connectivity index (χ1n) is 10.5. The molecule has 1 aromatic carbocycles. The van der Waals surface area contributed by atoms with Crippen LogP contribution in [-0.2, 0) is 20.9 Å². The molecule has 2 aliphatic heterocycles. The van der Waals surface area contributed by atoms with Crippen LogP contribution in [0.2, 0.25) is 0 Å². The van der Waals surface area contributed by atoms with Crippen molar-refractivity contribution in [1.29, 1.82) is 0 Å². The fourth-order valence-electron chi connectivity index (χ4n) is 5.07. The number of carbonyl (C=O) groups excluding carboxylic acids is 2. The molecule has 156 valence electrons. The minimum Gasteiger partial charge on any atom is -0.483 e. The summed E-state index contributed by atoms with van der Waals surface area (Å²) < 4.78 is 12.7. The zero-order valence-electron chi connectivity index (χ0n) is 17.0. The molecular formula is C24H24BrNO4. The van der Waals surface area contributed by atoms with Crippen LogP contribution in [0.5, 0.6) is 0 Å². The third-order valence-electron chi connectivity index (χ3n) is 6.88. The molecular weight excluding hydrogens is 446 g/mol. The molecule has 1 saturated carbocycles. The Balaban J connectivity index is 1.59. The minimum absolute atomic E-state index is 0.0697. The van der Waals surface area contributed by atoms with Crippen LogP contribution in [0.1, 0.15) is 44.1 Å². The maximum absolute atomic E-state index is 13.7. The molecule has 2 aromatic rings. The predicted molar refractivity (Wildman–Crippen MR) is 114 cm³/mol. The number of carbonyl (C=O) groups is 2.